The first-order valence-corrected chi connectivity index (χ1v) is 5.66. The molecule has 0 spiro atoms. The van der Waals surface area contributed by atoms with E-state index in [9.17, 15) is 18.0 Å². The van der Waals surface area contributed by atoms with Crippen molar-refractivity contribution in [3.8, 4) is 6.07 Å². The molecule has 2 rings (SSSR count). The summed E-state index contributed by atoms with van der Waals surface area (Å²) in [7, 11) is 0. The van der Waals surface area contributed by atoms with Gasteiger partial charge in [0.05, 0.1) is 11.6 Å². The average Bonchev–Trinajstić information content (AvgIpc) is 2.85. The van der Waals surface area contributed by atoms with Crippen LogP contribution in [0.25, 0.3) is 0 Å². The molecule has 2 aromatic rings. The summed E-state index contributed by atoms with van der Waals surface area (Å²) in [6.07, 6.45) is -2.32. The number of rotatable bonds is 3. The van der Waals surface area contributed by atoms with Crippen LogP contribution in [0.15, 0.2) is 42.7 Å². The Balaban J connectivity index is 2.18. The first-order chi connectivity index (χ1) is 9.40. The number of benzene rings is 1. The van der Waals surface area contributed by atoms with Crippen molar-refractivity contribution in [2.24, 2.45) is 0 Å². The van der Waals surface area contributed by atoms with Crippen LogP contribution < -0.4 is 0 Å². The SMILES string of the molecule is N#Cc1cccc(Cn2ccc(C(=O)C(F)(F)F)c2)c1. The van der Waals surface area contributed by atoms with E-state index < -0.39 is 17.5 Å². The van der Waals surface area contributed by atoms with Crippen LogP contribution in [0, 0.1) is 11.3 Å². The molecule has 0 amide bonds. The van der Waals surface area contributed by atoms with Gasteiger partial charge in [-0.15, -0.1) is 0 Å². The second-order valence-electron chi connectivity index (χ2n) is 4.21. The van der Waals surface area contributed by atoms with Gasteiger partial charge >= 0.3 is 6.18 Å². The van der Waals surface area contributed by atoms with Gasteiger partial charge in [-0.05, 0) is 23.8 Å². The second-order valence-corrected chi connectivity index (χ2v) is 4.21. The number of ketones is 1. The predicted octanol–water partition coefficient (Wildman–Crippen LogP) is 3.15. The number of aromatic nitrogens is 1. The van der Waals surface area contributed by atoms with E-state index >= 15 is 0 Å². The molecule has 0 saturated carbocycles. The molecule has 1 heterocycles. The molecule has 0 N–H and O–H groups in total. The third-order valence-corrected chi connectivity index (χ3v) is 2.69. The van der Waals surface area contributed by atoms with E-state index in [4.69, 9.17) is 5.26 Å². The lowest BCUT2D eigenvalue weighted by atomic mass is 10.1. The minimum atomic E-state index is -4.87. The first-order valence-electron chi connectivity index (χ1n) is 5.66. The molecule has 0 radical (unpaired) electrons. The standard InChI is InChI=1S/C14H9F3N2O/c15-14(16,17)13(20)12-4-5-19(9-12)8-11-3-1-2-10(6-11)7-18/h1-6,9H,8H2. The highest BCUT2D eigenvalue weighted by molar-refractivity contribution is 6.00. The fraction of sp³-hybridized carbons (Fsp3) is 0.143. The van der Waals surface area contributed by atoms with Crippen LogP contribution in [-0.4, -0.2) is 16.5 Å². The van der Waals surface area contributed by atoms with Crippen LogP contribution >= 0.6 is 0 Å². The van der Waals surface area contributed by atoms with Crippen molar-refractivity contribution < 1.29 is 18.0 Å². The minimum absolute atomic E-state index is 0.292. The van der Waals surface area contributed by atoms with Gasteiger partial charge in [0.1, 0.15) is 0 Å². The van der Waals surface area contributed by atoms with E-state index in [1.165, 1.54) is 10.8 Å². The molecular weight excluding hydrogens is 269 g/mol. The Morgan fingerprint density at radius 1 is 1.30 bits per heavy atom. The minimum Gasteiger partial charge on any atom is -0.349 e. The number of carbonyl (C=O) groups excluding carboxylic acids is 1. The van der Waals surface area contributed by atoms with Crippen molar-refractivity contribution >= 4 is 5.78 Å². The van der Waals surface area contributed by atoms with Crippen molar-refractivity contribution in [1.29, 1.82) is 5.26 Å². The van der Waals surface area contributed by atoms with Crippen molar-refractivity contribution in [3.63, 3.8) is 0 Å². The third kappa shape index (κ3) is 3.06. The Bertz CT molecular complexity index is 680. The number of alkyl halides is 3. The summed E-state index contributed by atoms with van der Waals surface area (Å²) in [6.45, 7) is 0.292. The molecule has 3 nitrogen and oxygen atoms in total. The Kier molecular flexibility index (Phi) is 3.61. The van der Waals surface area contributed by atoms with Gasteiger partial charge in [-0.3, -0.25) is 4.79 Å². The Hall–Kier alpha value is -2.55. The van der Waals surface area contributed by atoms with Gasteiger partial charge in [0, 0.05) is 24.5 Å². The number of hydrogen-bond acceptors (Lipinski definition) is 2. The zero-order valence-electron chi connectivity index (χ0n) is 10.2. The van der Waals surface area contributed by atoms with Gasteiger partial charge < -0.3 is 4.57 Å². The number of Topliss-reactive ketones (excluding diaryl/α,β-unsaturated/α-hetero) is 1. The Morgan fingerprint density at radius 3 is 2.70 bits per heavy atom. The molecular formula is C14H9F3N2O. The lowest BCUT2D eigenvalue weighted by Gasteiger charge is -2.04. The zero-order valence-corrected chi connectivity index (χ0v) is 10.2. The summed E-state index contributed by atoms with van der Waals surface area (Å²) in [6, 6.07) is 9.84. The molecule has 102 valence electrons. The summed E-state index contributed by atoms with van der Waals surface area (Å²) in [5, 5.41) is 8.77. The predicted molar refractivity (Wildman–Crippen MR) is 65.1 cm³/mol. The van der Waals surface area contributed by atoms with Crippen molar-refractivity contribution in [1.82, 2.24) is 4.57 Å². The highest BCUT2D eigenvalue weighted by Crippen LogP contribution is 2.21. The molecule has 0 aliphatic carbocycles. The summed E-state index contributed by atoms with van der Waals surface area (Å²) in [5.41, 5.74) is 0.848. The first kappa shape index (κ1) is 13.9. The lowest BCUT2D eigenvalue weighted by Crippen LogP contribution is -2.22. The molecule has 0 unspecified atom stereocenters. The van der Waals surface area contributed by atoms with Crippen molar-refractivity contribution in [2.45, 2.75) is 12.7 Å². The van der Waals surface area contributed by atoms with E-state index in [1.807, 2.05) is 6.07 Å². The second kappa shape index (κ2) is 5.21. The molecule has 0 atom stereocenters. The molecule has 0 bridgehead atoms. The van der Waals surface area contributed by atoms with Crippen molar-refractivity contribution in [2.75, 3.05) is 0 Å². The molecule has 0 aliphatic heterocycles. The maximum absolute atomic E-state index is 12.3. The fourth-order valence-corrected chi connectivity index (χ4v) is 1.79. The van der Waals surface area contributed by atoms with Crippen molar-refractivity contribution in [3.05, 3.63) is 59.4 Å². The number of hydrogen-bond donors (Lipinski definition) is 0. The maximum atomic E-state index is 12.3. The number of halogens is 3. The van der Waals surface area contributed by atoms with Crippen LogP contribution in [0.1, 0.15) is 21.5 Å². The number of carbonyl (C=O) groups is 1. The van der Waals surface area contributed by atoms with Gasteiger partial charge in [0.2, 0.25) is 0 Å². The van der Waals surface area contributed by atoms with E-state index in [0.717, 1.165) is 17.8 Å². The van der Waals surface area contributed by atoms with Crippen LogP contribution in [-0.2, 0) is 6.54 Å². The van der Waals surface area contributed by atoms with Crippen LogP contribution in [0.5, 0.6) is 0 Å². The van der Waals surface area contributed by atoms with Gasteiger partial charge in [0.15, 0.2) is 0 Å². The van der Waals surface area contributed by atoms with E-state index in [-0.39, 0.29) is 0 Å². The molecule has 1 aromatic carbocycles. The highest BCUT2D eigenvalue weighted by atomic mass is 19.4. The highest BCUT2D eigenvalue weighted by Gasteiger charge is 2.39. The summed E-state index contributed by atoms with van der Waals surface area (Å²) in [5.74, 6) is -1.86. The number of nitrogens with zero attached hydrogens (tertiary/aromatic N) is 2. The fourth-order valence-electron chi connectivity index (χ4n) is 1.79. The normalized spacial score (nSPS) is 11.1. The molecule has 0 saturated heterocycles. The van der Waals surface area contributed by atoms with Crippen LogP contribution in [0.4, 0.5) is 13.2 Å². The largest absolute Gasteiger partial charge is 0.454 e. The quantitative estimate of drug-likeness (QED) is 0.810. The smallest absolute Gasteiger partial charge is 0.349 e. The molecule has 1 aromatic heterocycles. The van der Waals surface area contributed by atoms with E-state index in [1.54, 1.807) is 24.3 Å². The maximum Gasteiger partial charge on any atom is 0.454 e. The molecule has 0 fully saturated rings. The molecule has 6 heteroatoms. The van der Waals surface area contributed by atoms with E-state index in [2.05, 4.69) is 0 Å². The lowest BCUT2D eigenvalue weighted by molar-refractivity contribution is -0.0885. The Morgan fingerprint density at radius 2 is 2.05 bits per heavy atom. The van der Waals surface area contributed by atoms with Crippen LogP contribution in [0.2, 0.25) is 0 Å². The molecule has 0 aliphatic rings. The topological polar surface area (TPSA) is 45.8 Å². The van der Waals surface area contributed by atoms with Gasteiger partial charge in [-0.25, -0.2) is 0 Å². The monoisotopic (exact) mass is 278 g/mol. The van der Waals surface area contributed by atoms with Gasteiger partial charge in [-0.2, -0.15) is 18.4 Å². The zero-order chi connectivity index (χ0) is 14.8. The van der Waals surface area contributed by atoms with E-state index in [0.29, 0.717) is 12.1 Å². The molecule has 20 heavy (non-hydrogen) atoms. The summed E-state index contributed by atoms with van der Waals surface area (Å²) >= 11 is 0. The van der Waals surface area contributed by atoms with Crippen LogP contribution in [0.3, 0.4) is 0 Å². The number of nitriles is 1. The summed E-state index contributed by atoms with van der Waals surface area (Å²) in [4.78, 5) is 11.1. The summed E-state index contributed by atoms with van der Waals surface area (Å²) < 4.78 is 38.3. The Labute approximate surface area is 112 Å². The van der Waals surface area contributed by atoms with Gasteiger partial charge in [0.25, 0.3) is 5.78 Å². The third-order valence-electron chi connectivity index (χ3n) is 2.69. The average molecular weight is 278 g/mol. The van der Waals surface area contributed by atoms with Gasteiger partial charge in [-0.1, -0.05) is 12.1 Å².